The molecule has 1 aliphatic rings. The Bertz CT molecular complexity index is 1730. The second-order valence-electron chi connectivity index (χ2n) is 11.3. The number of halogens is 6. The molecule has 1 aliphatic heterocycles. The summed E-state index contributed by atoms with van der Waals surface area (Å²) < 4.78 is 81.1. The van der Waals surface area contributed by atoms with Crippen molar-refractivity contribution in [3.63, 3.8) is 0 Å². The third-order valence-electron chi connectivity index (χ3n) is 8.17. The molecule has 242 valence electrons. The number of likely N-dealkylation sites (N-methyl/N-ethyl adjacent to an activating group) is 1. The number of hydrogen-bond donors (Lipinski definition) is 3. The fraction of sp³-hybridized carbons (Fsp3) is 0.303. The SMILES string of the molecule is CN(C(=O)c1cc(C(F)(F)F)cc(C(F)(F)F)c1)C(CCC(=O)NC1CCc2ccccc2NC1=O)Cc1c[nH]c2ccccc12. The quantitative estimate of drug-likeness (QED) is 0.186. The van der Waals surface area contributed by atoms with Crippen molar-refractivity contribution in [2.45, 2.75) is 56.5 Å². The van der Waals surface area contributed by atoms with Crippen molar-refractivity contribution in [3.8, 4) is 0 Å². The van der Waals surface area contributed by atoms with Crippen LogP contribution in [0.5, 0.6) is 0 Å². The first-order valence-corrected chi connectivity index (χ1v) is 14.5. The van der Waals surface area contributed by atoms with Crippen molar-refractivity contribution in [1.29, 1.82) is 0 Å². The van der Waals surface area contributed by atoms with Crippen molar-refractivity contribution in [3.05, 3.63) is 101 Å². The normalized spacial score (nSPS) is 15.9. The monoisotopic (exact) mass is 644 g/mol. The maximum atomic E-state index is 13.5. The van der Waals surface area contributed by atoms with E-state index < -0.39 is 52.9 Å². The van der Waals surface area contributed by atoms with Crippen molar-refractivity contribution in [2.24, 2.45) is 0 Å². The molecule has 3 N–H and O–H groups in total. The molecule has 4 aromatic rings. The Morgan fingerprint density at radius 2 is 1.61 bits per heavy atom. The van der Waals surface area contributed by atoms with Crippen LogP contribution in [0.25, 0.3) is 10.9 Å². The number of H-pyrrole nitrogens is 1. The summed E-state index contributed by atoms with van der Waals surface area (Å²) in [6.45, 7) is 0. The second kappa shape index (κ2) is 12.9. The summed E-state index contributed by atoms with van der Waals surface area (Å²) >= 11 is 0. The van der Waals surface area contributed by atoms with E-state index in [4.69, 9.17) is 0 Å². The predicted octanol–water partition coefficient (Wildman–Crippen LogP) is 6.74. The molecular formula is C33H30F6N4O3. The smallest absolute Gasteiger partial charge is 0.361 e. The zero-order valence-corrected chi connectivity index (χ0v) is 24.6. The van der Waals surface area contributed by atoms with Crippen LogP contribution < -0.4 is 10.6 Å². The van der Waals surface area contributed by atoms with Crippen LogP contribution in [-0.4, -0.2) is 46.7 Å². The molecule has 46 heavy (non-hydrogen) atoms. The minimum absolute atomic E-state index is 0.00718. The van der Waals surface area contributed by atoms with Gasteiger partial charge < -0.3 is 20.5 Å². The summed E-state index contributed by atoms with van der Waals surface area (Å²) in [7, 11) is 1.28. The number of rotatable bonds is 8. The number of hydrogen-bond acceptors (Lipinski definition) is 3. The van der Waals surface area contributed by atoms with Crippen molar-refractivity contribution in [1.82, 2.24) is 15.2 Å². The molecule has 5 rings (SSSR count). The first-order valence-electron chi connectivity index (χ1n) is 14.5. The van der Waals surface area contributed by atoms with Crippen LogP contribution in [0.4, 0.5) is 32.0 Å². The zero-order valence-electron chi connectivity index (χ0n) is 24.6. The molecule has 0 aliphatic carbocycles. The molecule has 0 saturated carbocycles. The van der Waals surface area contributed by atoms with Gasteiger partial charge in [-0.25, -0.2) is 0 Å². The van der Waals surface area contributed by atoms with Crippen LogP contribution in [0, 0.1) is 0 Å². The molecule has 1 aromatic heterocycles. The highest BCUT2D eigenvalue weighted by molar-refractivity contribution is 5.98. The van der Waals surface area contributed by atoms with E-state index in [2.05, 4.69) is 15.6 Å². The number of aromatic amines is 1. The number of para-hydroxylation sites is 2. The molecule has 0 fully saturated rings. The average molecular weight is 645 g/mol. The number of nitrogens with one attached hydrogen (secondary N) is 3. The van der Waals surface area contributed by atoms with E-state index in [0.29, 0.717) is 30.7 Å². The Morgan fingerprint density at radius 3 is 2.30 bits per heavy atom. The molecule has 0 radical (unpaired) electrons. The highest BCUT2D eigenvalue weighted by atomic mass is 19.4. The molecule has 0 spiro atoms. The van der Waals surface area contributed by atoms with Crippen molar-refractivity contribution >= 4 is 34.3 Å². The largest absolute Gasteiger partial charge is 0.416 e. The van der Waals surface area contributed by atoms with E-state index in [1.54, 1.807) is 24.4 Å². The van der Waals surface area contributed by atoms with E-state index >= 15 is 0 Å². The van der Waals surface area contributed by atoms with Gasteiger partial charge in [0.15, 0.2) is 0 Å². The summed E-state index contributed by atoms with van der Waals surface area (Å²) in [5.41, 5.74) is -0.877. The second-order valence-corrected chi connectivity index (χ2v) is 11.3. The van der Waals surface area contributed by atoms with Crippen molar-refractivity contribution in [2.75, 3.05) is 12.4 Å². The Hall–Kier alpha value is -4.81. The molecule has 13 heteroatoms. The van der Waals surface area contributed by atoms with Crippen LogP contribution in [0.3, 0.4) is 0 Å². The number of aryl methyl sites for hydroxylation is 1. The van der Waals surface area contributed by atoms with E-state index in [0.717, 1.165) is 26.9 Å². The number of carbonyl (C=O) groups excluding carboxylic acids is 3. The Kier molecular flexibility index (Phi) is 9.13. The number of carbonyl (C=O) groups is 3. The molecule has 7 nitrogen and oxygen atoms in total. The highest BCUT2D eigenvalue weighted by Gasteiger charge is 2.38. The van der Waals surface area contributed by atoms with Gasteiger partial charge in [0.05, 0.1) is 11.1 Å². The van der Waals surface area contributed by atoms with Gasteiger partial charge in [-0.05, 0) is 67.1 Å². The Labute approximate surface area is 260 Å². The van der Waals surface area contributed by atoms with Crippen molar-refractivity contribution < 1.29 is 40.7 Å². The maximum Gasteiger partial charge on any atom is 0.416 e. The van der Waals surface area contributed by atoms with Crippen LogP contribution in [-0.2, 0) is 34.8 Å². The van der Waals surface area contributed by atoms with Gasteiger partial charge in [-0.15, -0.1) is 0 Å². The van der Waals surface area contributed by atoms with Gasteiger partial charge in [-0.1, -0.05) is 36.4 Å². The van der Waals surface area contributed by atoms with Crippen LogP contribution in [0.2, 0.25) is 0 Å². The van der Waals surface area contributed by atoms with Gasteiger partial charge in [0.1, 0.15) is 6.04 Å². The predicted molar refractivity (Wildman–Crippen MR) is 159 cm³/mol. The number of amides is 3. The zero-order chi connectivity index (χ0) is 33.2. The van der Waals surface area contributed by atoms with Crippen LogP contribution in [0.15, 0.2) is 72.9 Å². The van der Waals surface area contributed by atoms with E-state index in [1.807, 2.05) is 30.3 Å². The van der Waals surface area contributed by atoms with Gasteiger partial charge in [0, 0.05) is 47.9 Å². The van der Waals surface area contributed by atoms with Crippen LogP contribution >= 0.6 is 0 Å². The summed E-state index contributed by atoms with van der Waals surface area (Å²) in [5, 5.41) is 6.34. The minimum Gasteiger partial charge on any atom is -0.361 e. The Balaban J connectivity index is 1.37. The van der Waals surface area contributed by atoms with E-state index in [1.165, 1.54) is 7.05 Å². The maximum absolute atomic E-state index is 13.5. The fourth-order valence-corrected chi connectivity index (χ4v) is 5.65. The lowest BCUT2D eigenvalue weighted by Crippen LogP contribution is -2.44. The first-order chi connectivity index (χ1) is 21.7. The van der Waals surface area contributed by atoms with E-state index in [-0.39, 0.29) is 31.2 Å². The summed E-state index contributed by atoms with van der Waals surface area (Å²) in [5.74, 6) is -1.94. The molecule has 2 unspecified atom stereocenters. The fourth-order valence-electron chi connectivity index (χ4n) is 5.65. The standard InChI is InChI=1S/C33H30F6N4O3/c1-43(31(46)20-14-22(32(34,35)36)17-23(15-20)33(37,38)39)24(16-21-18-40-27-9-5-3-7-25(21)27)11-13-29(44)41-28-12-10-19-6-2-4-8-26(19)42-30(28)45/h2-9,14-15,17-18,24,28,40H,10-13,16H2,1H3,(H,41,44)(H,42,45). The lowest BCUT2D eigenvalue weighted by molar-refractivity contribution is -0.143. The number of anilines is 1. The number of benzene rings is 3. The van der Waals surface area contributed by atoms with Gasteiger partial charge in [0.25, 0.3) is 5.91 Å². The molecular weight excluding hydrogens is 614 g/mol. The summed E-state index contributed by atoms with van der Waals surface area (Å²) in [6.07, 6.45) is -7.67. The molecule has 0 saturated heterocycles. The third kappa shape index (κ3) is 7.35. The third-order valence-corrected chi connectivity index (χ3v) is 8.17. The first kappa shape index (κ1) is 32.6. The number of fused-ring (bicyclic) bond motifs is 2. The van der Waals surface area contributed by atoms with Gasteiger partial charge in [-0.2, -0.15) is 26.3 Å². The highest BCUT2D eigenvalue weighted by Crippen LogP contribution is 2.37. The molecule has 3 amide bonds. The minimum atomic E-state index is -5.12. The Morgan fingerprint density at radius 1 is 0.957 bits per heavy atom. The molecule has 3 aromatic carbocycles. The van der Waals surface area contributed by atoms with Crippen LogP contribution in [0.1, 0.15) is 51.9 Å². The summed E-state index contributed by atoms with van der Waals surface area (Å²) in [6, 6.07) is 13.7. The lowest BCUT2D eigenvalue weighted by Gasteiger charge is -2.29. The lowest BCUT2D eigenvalue weighted by atomic mass is 9.98. The number of aromatic nitrogens is 1. The number of nitrogens with zero attached hydrogens (tertiary/aromatic N) is 1. The molecule has 2 atom stereocenters. The van der Waals surface area contributed by atoms with E-state index in [9.17, 15) is 40.7 Å². The number of alkyl halides is 6. The molecule has 0 bridgehead atoms. The van der Waals surface area contributed by atoms with Gasteiger partial charge in [-0.3, -0.25) is 14.4 Å². The molecule has 2 heterocycles. The average Bonchev–Trinajstić information content (AvgIpc) is 3.35. The topological polar surface area (TPSA) is 94.3 Å². The van der Waals surface area contributed by atoms with Gasteiger partial charge >= 0.3 is 12.4 Å². The summed E-state index contributed by atoms with van der Waals surface area (Å²) in [4.78, 5) is 43.6. The van der Waals surface area contributed by atoms with Gasteiger partial charge in [0.2, 0.25) is 11.8 Å².